The number of benzene rings is 2. The van der Waals surface area contributed by atoms with Crippen LogP contribution in [0, 0.1) is 10.1 Å². The zero-order valence-corrected chi connectivity index (χ0v) is 16.9. The van der Waals surface area contributed by atoms with Gasteiger partial charge in [0.25, 0.3) is 11.6 Å². The first-order valence-electron chi connectivity index (χ1n) is 9.01. The third kappa shape index (κ3) is 5.62. The smallest absolute Gasteiger partial charge is 0.278 e. The van der Waals surface area contributed by atoms with Crippen LogP contribution < -0.4 is 5.43 Å². The largest absolute Gasteiger partial charge is 0.468 e. The molecular formula is C20H18N4O6S. The van der Waals surface area contributed by atoms with E-state index in [2.05, 4.69) is 10.5 Å². The maximum Gasteiger partial charge on any atom is 0.278 e. The minimum atomic E-state index is -4.00. The molecule has 0 aliphatic heterocycles. The van der Waals surface area contributed by atoms with Crippen LogP contribution in [-0.2, 0) is 21.4 Å². The zero-order chi connectivity index (χ0) is 22.3. The topological polar surface area (TPSA) is 135 Å². The summed E-state index contributed by atoms with van der Waals surface area (Å²) >= 11 is 0. The van der Waals surface area contributed by atoms with E-state index >= 15 is 0 Å². The number of sulfonamides is 1. The molecule has 0 bridgehead atoms. The fraction of sp³-hybridized carbons (Fsp3) is 0.100. The number of amides is 1. The van der Waals surface area contributed by atoms with E-state index in [1.165, 1.54) is 36.6 Å². The van der Waals surface area contributed by atoms with Gasteiger partial charge in [0, 0.05) is 6.07 Å². The molecule has 1 amide bonds. The number of nitro benzene ring substituents is 1. The van der Waals surface area contributed by atoms with Crippen molar-refractivity contribution in [3.8, 4) is 0 Å². The number of hydrogen-bond donors (Lipinski definition) is 1. The Hall–Kier alpha value is -3.83. The molecule has 0 unspecified atom stereocenters. The third-order valence-corrected chi connectivity index (χ3v) is 5.95. The van der Waals surface area contributed by atoms with Crippen LogP contribution in [0.4, 0.5) is 5.69 Å². The standard InChI is InChI=1S/C20H18N4O6S/c25-20(22-21-13-16-7-4-5-11-19(16)24(26)27)15-23(14-17-8-6-12-30-17)31(28,29)18-9-2-1-3-10-18/h1-13H,14-15H2,(H,22,25)/b21-13-. The zero-order valence-electron chi connectivity index (χ0n) is 16.1. The summed E-state index contributed by atoms with van der Waals surface area (Å²) in [5.74, 6) is -0.364. The molecular weight excluding hydrogens is 424 g/mol. The fourth-order valence-corrected chi connectivity index (χ4v) is 4.06. The number of furan rings is 1. The number of hydrazone groups is 1. The first kappa shape index (κ1) is 21.9. The number of rotatable bonds is 9. The maximum absolute atomic E-state index is 13.0. The second-order valence-corrected chi connectivity index (χ2v) is 8.21. The van der Waals surface area contributed by atoms with Crippen molar-refractivity contribution < 1.29 is 22.6 Å². The van der Waals surface area contributed by atoms with Gasteiger partial charge in [0.05, 0.1) is 40.9 Å². The molecule has 0 aliphatic carbocycles. The van der Waals surface area contributed by atoms with Crippen molar-refractivity contribution in [3.63, 3.8) is 0 Å². The van der Waals surface area contributed by atoms with Crippen molar-refractivity contribution in [2.45, 2.75) is 11.4 Å². The Balaban J connectivity index is 1.75. The summed E-state index contributed by atoms with van der Waals surface area (Å²) in [4.78, 5) is 22.9. The molecule has 160 valence electrons. The molecule has 0 saturated carbocycles. The van der Waals surface area contributed by atoms with Gasteiger partial charge in [-0.3, -0.25) is 14.9 Å². The summed E-state index contributed by atoms with van der Waals surface area (Å²) in [5.41, 5.74) is 2.22. The summed E-state index contributed by atoms with van der Waals surface area (Å²) in [6, 6.07) is 16.8. The van der Waals surface area contributed by atoms with Crippen LogP contribution in [0.1, 0.15) is 11.3 Å². The van der Waals surface area contributed by atoms with Crippen molar-refractivity contribution in [1.29, 1.82) is 0 Å². The van der Waals surface area contributed by atoms with E-state index in [0.717, 1.165) is 10.5 Å². The minimum Gasteiger partial charge on any atom is -0.468 e. The van der Waals surface area contributed by atoms with E-state index in [0.29, 0.717) is 5.76 Å². The second kappa shape index (κ2) is 9.78. The summed E-state index contributed by atoms with van der Waals surface area (Å²) in [6.07, 6.45) is 2.53. The molecule has 11 heteroatoms. The van der Waals surface area contributed by atoms with Gasteiger partial charge in [0.1, 0.15) is 5.76 Å². The van der Waals surface area contributed by atoms with Crippen LogP contribution in [0.25, 0.3) is 0 Å². The average Bonchev–Trinajstić information content (AvgIpc) is 3.27. The van der Waals surface area contributed by atoms with Gasteiger partial charge in [0.2, 0.25) is 10.0 Å². The van der Waals surface area contributed by atoms with E-state index in [9.17, 15) is 23.3 Å². The van der Waals surface area contributed by atoms with Crippen LogP contribution in [0.15, 0.2) is 87.4 Å². The van der Waals surface area contributed by atoms with Gasteiger partial charge in [-0.15, -0.1) is 0 Å². The van der Waals surface area contributed by atoms with Crippen LogP contribution >= 0.6 is 0 Å². The summed E-state index contributed by atoms with van der Waals surface area (Å²) in [5, 5.41) is 14.8. The quantitative estimate of drug-likeness (QED) is 0.307. The molecule has 1 N–H and O–H groups in total. The molecule has 0 fully saturated rings. The van der Waals surface area contributed by atoms with Gasteiger partial charge in [0.15, 0.2) is 0 Å². The number of hydrogen-bond acceptors (Lipinski definition) is 7. The third-order valence-electron chi connectivity index (χ3n) is 4.14. The molecule has 31 heavy (non-hydrogen) atoms. The predicted molar refractivity (Wildman–Crippen MR) is 112 cm³/mol. The lowest BCUT2D eigenvalue weighted by atomic mass is 10.2. The molecule has 3 aromatic rings. The van der Waals surface area contributed by atoms with E-state index < -0.39 is 27.4 Å². The normalized spacial score (nSPS) is 11.6. The van der Waals surface area contributed by atoms with Gasteiger partial charge in [-0.2, -0.15) is 9.41 Å². The van der Waals surface area contributed by atoms with Gasteiger partial charge >= 0.3 is 0 Å². The molecule has 3 rings (SSSR count). The maximum atomic E-state index is 13.0. The number of para-hydroxylation sites is 1. The SMILES string of the molecule is O=C(CN(Cc1ccco1)S(=O)(=O)c1ccccc1)N/N=C\c1ccccc1[N+](=O)[O-]. The molecule has 0 spiro atoms. The molecule has 0 aliphatic rings. The highest BCUT2D eigenvalue weighted by atomic mass is 32.2. The van der Waals surface area contributed by atoms with E-state index in [1.807, 2.05) is 0 Å². The van der Waals surface area contributed by atoms with Crippen molar-refractivity contribution >= 4 is 27.8 Å². The van der Waals surface area contributed by atoms with Crippen LogP contribution in [0.2, 0.25) is 0 Å². The van der Waals surface area contributed by atoms with Crippen molar-refractivity contribution in [1.82, 2.24) is 9.73 Å². The number of nitro groups is 1. The highest BCUT2D eigenvalue weighted by Gasteiger charge is 2.27. The number of nitrogens with zero attached hydrogens (tertiary/aromatic N) is 3. The van der Waals surface area contributed by atoms with E-state index in [-0.39, 0.29) is 22.7 Å². The Labute approximate surface area is 178 Å². The Bertz CT molecular complexity index is 1180. The summed E-state index contributed by atoms with van der Waals surface area (Å²) in [7, 11) is -4.00. The molecule has 10 nitrogen and oxygen atoms in total. The van der Waals surface area contributed by atoms with E-state index in [1.54, 1.807) is 36.4 Å². The van der Waals surface area contributed by atoms with Gasteiger partial charge in [-0.25, -0.2) is 13.8 Å². The summed E-state index contributed by atoms with van der Waals surface area (Å²) < 4.78 is 32.2. The molecule has 0 atom stereocenters. The number of nitrogens with one attached hydrogen (secondary N) is 1. The van der Waals surface area contributed by atoms with Crippen molar-refractivity contribution in [2.75, 3.05) is 6.54 Å². The number of carbonyl (C=O) groups excluding carboxylic acids is 1. The monoisotopic (exact) mass is 442 g/mol. The lowest BCUT2D eigenvalue weighted by Crippen LogP contribution is -2.39. The van der Waals surface area contributed by atoms with Crippen LogP contribution in [0.5, 0.6) is 0 Å². The van der Waals surface area contributed by atoms with Crippen molar-refractivity contribution in [2.24, 2.45) is 5.10 Å². The Morgan fingerprint density at radius 2 is 1.81 bits per heavy atom. The minimum absolute atomic E-state index is 0.0257. The predicted octanol–water partition coefficient (Wildman–Crippen LogP) is 2.53. The lowest BCUT2D eigenvalue weighted by Gasteiger charge is -2.20. The molecule has 1 heterocycles. The Morgan fingerprint density at radius 3 is 2.48 bits per heavy atom. The van der Waals surface area contributed by atoms with Gasteiger partial charge in [-0.05, 0) is 30.3 Å². The molecule has 1 aromatic heterocycles. The van der Waals surface area contributed by atoms with Crippen LogP contribution in [0.3, 0.4) is 0 Å². The first-order valence-corrected chi connectivity index (χ1v) is 10.4. The highest BCUT2D eigenvalue weighted by Crippen LogP contribution is 2.18. The number of carbonyl (C=O) groups is 1. The molecule has 2 aromatic carbocycles. The lowest BCUT2D eigenvalue weighted by molar-refractivity contribution is -0.385. The van der Waals surface area contributed by atoms with Gasteiger partial charge < -0.3 is 4.42 Å². The molecule has 0 saturated heterocycles. The summed E-state index contributed by atoms with van der Waals surface area (Å²) in [6.45, 7) is -0.697. The second-order valence-electron chi connectivity index (χ2n) is 6.27. The fourth-order valence-electron chi connectivity index (χ4n) is 2.68. The Kier molecular flexibility index (Phi) is 6.90. The molecule has 0 radical (unpaired) electrons. The van der Waals surface area contributed by atoms with E-state index in [4.69, 9.17) is 4.42 Å². The van der Waals surface area contributed by atoms with Gasteiger partial charge in [-0.1, -0.05) is 30.3 Å². The van der Waals surface area contributed by atoms with Crippen LogP contribution in [-0.4, -0.2) is 36.3 Å². The highest BCUT2D eigenvalue weighted by molar-refractivity contribution is 7.89. The van der Waals surface area contributed by atoms with Crippen molar-refractivity contribution in [3.05, 3.63) is 94.4 Å². The first-order chi connectivity index (χ1) is 14.9. The average molecular weight is 442 g/mol. The Morgan fingerprint density at radius 1 is 1.10 bits per heavy atom.